The zero-order valence-corrected chi connectivity index (χ0v) is 14.1. The number of hydrogen-bond acceptors (Lipinski definition) is 3. The second-order valence-corrected chi connectivity index (χ2v) is 5.59. The summed E-state index contributed by atoms with van der Waals surface area (Å²) in [7, 11) is 1.56. The molecule has 5 heteroatoms. The highest BCUT2D eigenvalue weighted by molar-refractivity contribution is 6.32. The van der Waals surface area contributed by atoms with E-state index in [2.05, 4.69) is 22.3 Å². The zero-order chi connectivity index (χ0) is 16.7. The van der Waals surface area contributed by atoms with Crippen molar-refractivity contribution in [3.05, 3.63) is 59.1 Å². The van der Waals surface area contributed by atoms with Gasteiger partial charge in [-0.2, -0.15) is 0 Å². The van der Waals surface area contributed by atoms with Crippen molar-refractivity contribution in [1.82, 2.24) is 4.90 Å². The number of likely N-dealkylation sites (N-methyl/N-ethyl adjacent to an activating group) is 1. The minimum absolute atomic E-state index is 0.0657. The molecule has 0 aliphatic carbocycles. The van der Waals surface area contributed by atoms with Gasteiger partial charge >= 0.3 is 0 Å². The van der Waals surface area contributed by atoms with Gasteiger partial charge in [-0.25, -0.2) is 0 Å². The van der Waals surface area contributed by atoms with E-state index in [0.29, 0.717) is 23.0 Å². The van der Waals surface area contributed by atoms with Crippen LogP contribution in [0.25, 0.3) is 0 Å². The second kappa shape index (κ2) is 8.56. The summed E-state index contributed by atoms with van der Waals surface area (Å²) in [6.07, 6.45) is 0. The zero-order valence-electron chi connectivity index (χ0n) is 13.4. The van der Waals surface area contributed by atoms with Crippen molar-refractivity contribution in [2.24, 2.45) is 0 Å². The first-order chi connectivity index (χ1) is 11.1. The first-order valence-electron chi connectivity index (χ1n) is 7.52. The molecular formula is C18H21ClN2O2. The predicted octanol–water partition coefficient (Wildman–Crippen LogP) is 3.81. The molecule has 0 heterocycles. The Morgan fingerprint density at radius 2 is 1.96 bits per heavy atom. The molecule has 1 N–H and O–H groups in total. The predicted molar refractivity (Wildman–Crippen MR) is 94.0 cm³/mol. The first-order valence-corrected chi connectivity index (χ1v) is 7.90. The van der Waals surface area contributed by atoms with Crippen LogP contribution in [0.15, 0.2) is 48.5 Å². The number of amides is 1. The molecule has 0 aliphatic heterocycles. The van der Waals surface area contributed by atoms with E-state index >= 15 is 0 Å². The van der Waals surface area contributed by atoms with Crippen molar-refractivity contribution in [2.75, 3.05) is 25.5 Å². The molecule has 0 saturated carbocycles. The highest BCUT2D eigenvalue weighted by Crippen LogP contribution is 2.27. The molecule has 0 unspecified atom stereocenters. The van der Waals surface area contributed by atoms with E-state index in [4.69, 9.17) is 16.3 Å². The van der Waals surface area contributed by atoms with Gasteiger partial charge in [-0.15, -0.1) is 0 Å². The number of hydrogen-bond donors (Lipinski definition) is 1. The van der Waals surface area contributed by atoms with Gasteiger partial charge in [0.1, 0.15) is 5.75 Å². The number of carbonyl (C=O) groups is 1. The summed E-state index contributed by atoms with van der Waals surface area (Å²) in [6, 6.07) is 15.3. The van der Waals surface area contributed by atoms with Gasteiger partial charge in [-0.1, -0.05) is 48.9 Å². The fourth-order valence-corrected chi connectivity index (χ4v) is 2.53. The minimum Gasteiger partial charge on any atom is -0.495 e. The molecule has 23 heavy (non-hydrogen) atoms. The normalized spacial score (nSPS) is 10.6. The smallest absolute Gasteiger partial charge is 0.238 e. The van der Waals surface area contributed by atoms with E-state index in [9.17, 15) is 4.79 Å². The van der Waals surface area contributed by atoms with Crippen LogP contribution in [0.4, 0.5) is 5.69 Å². The van der Waals surface area contributed by atoms with E-state index in [-0.39, 0.29) is 5.91 Å². The summed E-state index contributed by atoms with van der Waals surface area (Å²) in [5, 5.41) is 3.34. The van der Waals surface area contributed by atoms with Gasteiger partial charge in [0.15, 0.2) is 0 Å². The van der Waals surface area contributed by atoms with Crippen LogP contribution < -0.4 is 10.1 Å². The van der Waals surface area contributed by atoms with Crippen molar-refractivity contribution in [2.45, 2.75) is 13.5 Å². The average Bonchev–Trinajstić information content (AvgIpc) is 2.55. The lowest BCUT2D eigenvalue weighted by molar-refractivity contribution is -0.117. The van der Waals surface area contributed by atoms with Crippen LogP contribution in [-0.4, -0.2) is 31.0 Å². The van der Waals surface area contributed by atoms with Gasteiger partial charge in [0.2, 0.25) is 5.91 Å². The van der Waals surface area contributed by atoms with Crippen LogP contribution in [0.2, 0.25) is 5.02 Å². The van der Waals surface area contributed by atoms with E-state index in [1.165, 1.54) is 5.56 Å². The molecule has 0 saturated heterocycles. The van der Waals surface area contributed by atoms with Gasteiger partial charge in [0, 0.05) is 12.2 Å². The number of halogens is 1. The van der Waals surface area contributed by atoms with Gasteiger partial charge in [0.05, 0.1) is 18.7 Å². The lowest BCUT2D eigenvalue weighted by atomic mass is 10.2. The molecule has 0 bridgehead atoms. The second-order valence-electron chi connectivity index (χ2n) is 5.19. The lowest BCUT2D eigenvalue weighted by Crippen LogP contribution is -2.32. The van der Waals surface area contributed by atoms with Crippen LogP contribution in [0.5, 0.6) is 5.75 Å². The number of rotatable bonds is 7. The maximum atomic E-state index is 12.2. The first kappa shape index (κ1) is 17.3. The Bertz CT molecular complexity index is 647. The molecular weight excluding hydrogens is 312 g/mol. The maximum Gasteiger partial charge on any atom is 0.238 e. The Labute approximate surface area is 142 Å². The largest absolute Gasteiger partial charge is 0.495 e. The number of anilines is 1. The molecule has 2 aromatic rings. The molecule has 0 aromatic heterocycles. The number of methoxy groups -OCH3 is 1. The van der Waals surface area contributed by atoms with Gasteiger partial charge < -0.3 is 10.1 Å². The molecule has 122 valence electrons. The third-order valence-electron chi connectivity index (χ3n) is 3.50. The average molecular weight is 333 g/mol. The van der Waals surface area contributed by atoms with E-state index in [1.807, 2.05) is 25.1 Å². The fourth-order valence-electron chi connectivity index (χ4n) is 2.27. The van der Waals surface area contributed by atoms with Crippen molar-refractivity contribution >= 4 is 23.2 Å². The molecule has 0 atom stereocenters. The number of nitrogens with one attached hydrogen (secondary N) is 1. The monoisotopic (exact) mass is 332 g/mol. The number of carbonyl (C=O) groups excluding carboxylic acids is 1. The third kappa shape index (κ3) is 5.27. The Morgan fingerprint density at radius 1 is 1.22 bits per heavy atom. The standard InChI is InChI=1S/C18H21ClN2O2/c1-3-21(12-14-7-5-4-6-8-14)13-18(22)20-15-9-10-17(23-2)16(19)11-15/h4-11H,3,12-13H2,1-2H3,(H,20,22). The summed E-state index contributed by atoms with van der Waals surface area (Å²) in [6.45, 7) is 3.91. The molecule has 0 aliphatic rings. The Morgan fingerprint density at radius 3 is 2.57 bits per heavy atom. The van der Waals surface area contributed by atoms with Gasteiger partial charge in [-0.3, -0.25) is 9.69 Å². The van der Waals surface area contributed by atoms with Crippen molar-refractivity contribution < 1.29 is 9.53 Å². The Kier molecular flexibility index (Phi) is 6.44. The summed E-state index contributed by atoms with van der Waals surface area (Å²) < 4.78 is 5.10. The van der Waals surface area contributed by atoms with Crippen LogP contribution in [0.3, 0.4) is 0 Å². The highest BCUT2D eigenvalue weighted by atomic mass is 35.5. The summed E-state index contributed by atoms with van der Waals surface area (Å²) in [5.41, 5.74) is 1.85. The van der Waals surface area contributed by atoms with Crippen LogP contribution in [0, 0.1) is 0 Å². The van der Waals surface area contributed by atoms with Crippen LogP contribution in [0.1, 0.15) is 12.5 Å². The maximum absolute atomic E-state index is 12.2. The molecule has 0 spiro atoms. The molecule has 2 rings (SSSR count). The van der Waals surface area contributed by atoms with Gasteiger partial charge in [-0.05, 0) is 30.3 Å². The quantitative estimate of drug-likeness (QED) is 0.838. The van der Waals surface area contributed by atoms with Crippen molar-refractivity contribution in [3.63, 3.8) is 0 Å². The number of ether oxygens (including phenoxy) is 1. The number of nitrogens with zero attached hydrogens (tertiary/aromatic N) is 1. The molecule has 4 nitrogen and oxygen atoms in total. The van der Waals surface area contributed by atoms with E-state index < -0.39 is 0 Å². The Hall–Kier alpha value is -2.04. The summed E-state index contributed by atoms with van der Waals surface area (Å²) in [4.78, 5) is 14.3. The molecule has 1 amide bonds. The summed E-state index contributed by atoms with van der Waals surface area (Å²) >= 11 is 6.07. The van der Waals surface area contributed by atoms with Gasteiger partial charge in [0.25, 0.3) is 0 Å². The minimum atomic E-state index is -0.0657. The molecule has 0 fully saturated rings. The van der Waals surface area contributed by atoms with Crippen molar-refractivity contribution in [3.8, 4) is 5.75 Å². The molecule has 2 aromatic carbocycles. The summed E-state index contributed by atoms with van der Waals surface area (Å²) in [5.74, 6) is 0.521. The highest BCUT2D eigenvalue weighted by Gasteiger charge is 2.11. The molecule has 0 radical (unpaired) electrons. The fraction of sp³-hybridized carbons (Fsp3) is 0.278. The Balaban J connectivity index is 1.93. The lowest BCUT2D eigenvalue weighted by Gasteiger charge is -2.20. The third-order valence-corrected chi connectivity index (χ3v) is 3.79. The van der Waals surface area contributed by atoms with Crippen LogP contribution >= 0.6 is 11.6 Å². The SMILES string of the molecule is CCN(CC(=O)Nc1ccc(OC)c(Cl)c1)Cc1ccccc1. The van der Waals surface area contributed by atoms with E-state index in [1.54, 1.807) is 25.3 Å². The van der Waals surface area contributed by atoms with E-state index in [0.717, 1.165) is 13.1 Å². The number of benzene rings is 2. The van der Waals surface area contributed by atoms with Crippen molar-refractivity contribution in [1.29, 1.82) is 0 Å². The van der Waals surface area contributed by atoms with Crippen LogP contribution in [-0.2, 0) is 11.3 Å². The topological polar surface area (TPSA) is 41.6 Å².